The first kappa shape index (κ1) is 19.8. The Morgan fingerprint density at radius 1 is 1.16 bits per heavy atom. The van der Waals surface area contributed by atoms with Crippen molar-refractivity contribution >= 4 is 11.5 Å². The van der Waals surface area contributed by atoms with Gasteiger partial charge in [0.25, 0.3) is 0 Å². The Bertz CT molecular complexity index is 1140. The van der Waals surface area contributed by atoms with Gasteiger partial charge >= 0.3 is 0 Å². The third kappa shape index (κ3) is 3.45. The number of piperidine rings is 1. The van der Waals surface area contributed by atoms with Crippen LogP contribution in [0.15, 0.2) is 36.8 Å². The third-order valence-electron chi connectivity index (χ3n) is 7.26. The van der Waals surface area contributed by atoms with Crippen molar-refractivity contribution in [2.75, 3.05) is 31.5 Å². The van der Waals surface area contributed by atoms with Crippen LogP contribution in [0.4, 0.5) is 11.5 Å². The quantitative estimate of drug-likeness (QED) is 0.662. The summed E-state index contributed by atoms with van der Waals surface area (Å²) in [6, 6.07) is 7.41. The number of likely N-dealkylation sites (tertiary alicyclic amines) is 1. The molecule has 2 saturated heterocycles. The van der Waals surface area contributed by atoms with Crippen LogP contribution in [-0.2, 0) is 13.7 Å². The number of hydrogen-bond acceptors (Lipinski definition) is 6. The fourth-order valence-electron chi connectivity index (χ4n) is 5.30. The predicted molar refractivity (Wildman–Crippen MR) is 125 cm³/mol. The summed E-state index contributed by atoms with van der Waals surface area (Å²) < 4.78 is 8.17. The maximum Gasteiger partial charge on any atom is 0.146 e. The van der Waals surface area contributed by atoms with Crippen molar-refractivity contribution in [2.45, 2.75) is 38.3 Å². The first-order chi connectivity index (χ1) is 15.7. The second kappa shape index (κ2) is 7.90. The molecule has 0 bridgehead atoms. The number of aryl methyl sites for hydroxylation is 2. The molecule has 5 heterocycles. The average molecular weight is 431 g/mol. The van der Waals surface area contributed by atoms with Gasteiger partial charge in [0.15, 0.2) is 0 Å². The molecule has 3 aliphatic heterocycles. The van der Waals surface area contributed by atoms with Gasteiger partial charge in [-0.2, -0.15) is 5.10 Å². The number of nitrogens with zero attached hydrogens (tertiary/aromatic N) is 4. The summed E-state index contributed by atoms with van der Waals surface area (Å²) >= 11 is 0. The number of anilines is 2. The highest BCUT2D eigenvalue weighted by Crippen LogP contribution is 2.42. The Kier molecular flexibility index (Phi) is 4.88. The number of aromatic nitrogens is 3. The van der Waals surface area contributed by atoms with E-state index >= 15 is 0 Å². The van der Waals surface area contributed by atoms with Crippen LogP contribution in [-0.4, -0.2) is 51.9 Å². The Morgan fingerprint density at radius 3 is 2.72 bits per heavy atom. The highest BCUT2D eigenvalue weighted by atomic mass is 16.5. The molecule has 1 aromatic carbocycles. The van der Waals surface area contributed by atoms with Crippen LogP contribution in [0.5, 0.6) is 5.75 Å². The van der Waals surface area contributed by atoms with Crippen LogP contribution in [0, 0.1) is 6.92 Å². The van der Waals surface area contributed by atoms with E-state index in [4.69, 9.17) is 4.74 Å². The lowest BCUT2D eigenvalue weighted by atomic mass is 9.87. The van der Waals surface area contributed by atoms with Crippen molar-refractivity contribution in [2.24, 2.45) is 7.05 Å². The first-order valence-electron chi connectivity index (χ1n) is 11.6. The molecule has 0 saturated carbocycles. The lowest BCUT2D eigenvalue weighted by molar-refractivity contribution is 0.113. The Labute approximate surface area is 188 Å². The van der Waals surface area contributed by atoms with Gasteiger partial charge in [0, 0.05) is 49.7 Å². The van der Waals surface area contributed by atoms with Crippen LogP contribution >= 0.6 is 0 Å². The third-order valence-corrected chi connectivity index (χ3v) is 7.26. The zero-order valence-corrected chi connectivity index (χ0v) is 18.8. The van der Waals surface area contributed by atoms with E-state index < -0.39 is 0 Å². The molecule has 0 unspecified atom stereocenters. The summed E-state index contributed by atoms with van der Waals surface area (Å²) in [5.41, 5.74) is 6.88. The van der Waals surface area contributed by atoms with E-state index in [1.165, 1.54) is 37.1 Å². The maximum atomic E-state index is 6.34. The monoisotopic (exact) mass is 430 g/mol. The zero-order valence-electron chi connectivity index (χ0n) is 18.8. The molecular weight excluding hydrogens is 400 g/mol. The van der Waals surface area contributed by atoms with Crippen LogP contribution in [0.25, 0.3) is 11.1 Å². The number of ether oxygens (including phenoxy) is 1. The number of benzene rings is 1. The van der Waals surface area contributed by atoms with E-state index in [1.807, 2.05) is 36.4 Å². The van der Waals surface area contributed by atoms with Crippen LogP contribution in [0.2, 0.25) is 0 Å². The van der Waals surface area contributed by atoms with Crippen LogP contribution < -0.4 is 15.4 Å². The van der Waals surface area contributed by atoms with E-state index in [0.29, 0.717) is 12.5 Å². The predicted octanol–water partition coefficient (Wildman–Crippen LogP) is 3.58. The molecule has 0 amide bonds. The molecule has 2 fully saturated rings. The molecule has 7 heteroatoms. The Hall–Kier alpha value is -2.90. The number of hydrogen-bond donors (Lipinski definition) is 2. The summed E-state index contributed by atoms with van der Waals surface area (Å²) in [6.07, 6.45) is 8.22. The van der Waals surface area contributed by atoms with Crippen molar-refractivity contribution < 1.29 is 4.74 Å². The summed E-state index contributed by atoms with van der Waals surface area (Å²) in [4.78, 5) is 7.31. The molecule has 7 nitrogen and oxygen atoms in total. The van der Waals surface area contributed by atoms with Crippen molar-refractivity contribution in [3.05, 3.63) is 53.5 Å². The molecule has 3 aliphatic rings. The molecule has 0 aliphatic carbocycles. The molecule has 2 N–H and O–H groups in total. The second-order valence-corrected chi connectivity index (χ2v) is 9.34. The fourth-order valence-corrected chi connectivity index (χ4v) is 5.30. The van der Waals surface area contributed by atoms with E-state index in [9.17, 15) is 0 Å². The summed E-state index contributed by atoms with van der Waals surface area (Å²) in [7, 11) is 1.94. The summed E-state index contributed by atoms with van der Waals surface area (Å²) in [5, 5.41) is 11.3. The van der Waals surface area contributed by atoms with Crippen molar-refractivity contribution in [1.29, 1.82) is 0 Å². The van der Waals surface area contributed by atoms with Gasteiger partial charge in [0.2, 0.25) is 0 Å². The average Bonchev–Trinajstić information content (AvgIpc) is 3.09. The van der Waals surface area contributed by atoms with Gasteiger partial charge in [-0.05, 0) is 67.6 Å². The number of fused-ring (bicyclic) bond motifs is 2. The second-order valence-electron chi connectivity index (χ2n) is 9.34. The van der Waals surface area contributed by atoms with Crippen LogP contribution in [0.3, 0.4) is 0 Å². The normalized spacial score (nSPS) is 19.3. The molecule has 0 radical (unpaired) electrons. The molecule has 166 valence electrons. The molecule has 2 aromatic heterocycles. The molecule has 3 aromatic rings. The van der Waals surface area contributed by atoms with Crippen molar-refractivity contribution in [3.8, 4) is 16.9 Å². The molecule has 0 atom stereocenters. The first-order valence-corrected chi connectivity index (χ1v) is 11.6. The molecule has 32 heavy (non-hydrogen) atoms. The van der Waals surface area contributed by atoms with Gasteiger partial charge in [0.1, 0.15) is 18.2 Å². The summed E-state index contributed by atoms with van der Waals surface area (Å²) in [5.74, 6) is 2.40. The molecule has 0 spiro atoms. The highest BCUT2D eigenvalue weighted by Gasteiger charge is 2.30. The Balaban J connectivity index is 1.28. The van der Waals surface area contributed by atoms with Gasteiger partial charge in [0.05, 0.1) is 11.9 Å². The molecular formula is C25H30N6O. The smallest absolute Gasteiger partial charge is 0.146 e. The minimum atomic E-state index is 0.488. The zero-order chi connectivity index (χ0) is 21.7. The van der Waals surface area contributed by atoms with Gasteiger partial charge in [-0.15, -0.1) is 0 Å². The van der Waals surface area contributed by atoms with Crippen LogP contribution in [0.1, 0.15) is 35.4 Å². The largest absolute Gasteiger partial charge is 0.486 e. The minimum Gasteiger partial charge on any atom is -0.486 e. The van der Waals surface area contributed by atoms with E-state index in [0.717, 1.165) is 53.1 Å². The van der Waals surface area contributed by atoms with E-state index in [-0.39, 0.29) is 0 Å². The van der Waals surface area contributed by atoms with Gasteiger partial charge in [-0.3, -0.25) is 9.58 Å². The number of nitrogens with one attached hydrogen (secondary N) is 2. The standard InChI is InChI=1S/C25H30N6O/c1-16-9-18(17-4-7-31(8-5-17)20-12-26-13-20)10-23-24(16)32-15-22-21(3-6-27-25(22)29-23)19-11-28-30(2)14-19/h3,6,9-11,14,17,20,26H,4-5,7-8,12-13,15H2,1-2H3,(H,27,29). The number of rotatable bonds is 3. The lowest BCUT2D eigenvalue weighted by Crippen LogP contribution is -2.58. The van der Waals surface area contributed by atoms with Crippen molar-refractivity contribution in [3.63, 3.8) is 0 Å². The van der Waals surface area contributed by atoms with Gasteiger partial charge < -0.3 is 15.4 Å². The van der Waals surface area contributed by atoms with E-state index in [2.05, 4.69) is 44.7 Å². The van der Waals surface area contributed by atoms with E-state index in [1.54, 1.807) is 0 Å². The SMILES string of the molecule is Cc1cc(C2CCN(C3CNC3)CC2)cc2c1OCc1c(-c3cnn(C)c3)ccnc1N2. The fraction of sp³-hybridized carbons (Fsp3) is 0.440. The Morgan fingerprint density at radius 2 is 2.00 bits per heavy atom. The summed E-state index contributed by atoms with van der Waals surface area (Å²) in [6.45, 7) is 7.33. The topological polar surface area (TPSA) is 67.2 Å². The highest BCUT2D eigenvalue weighted by molar-refractivity contribution is 5.77. The van der Waals surface area contributed by atoms with Gasteiger partial charge in [-0.1, -0.05) is 6.07 Å². The van der Waals surface area contributed by atoms with Gasteiger partial charge in [-0.25, -0.2) is 4.98 Å². The molecule has 6 rings (SSSR count). The number of pyridine rings is 1. The maximum absolute atomic E-state index is 6.34. The van der Waals surface area contributed by atoms with Crippen molar-refractivity contribution in [1.82, 2.24) is 25.0 Å². The lowest BCUT2D eigenvalue weighted by Gasteiger charge is -2.42. The minimum absolute atomic E-state index is 0.488.